The number of hydrogen-bond donors (Lipinski definition) is 1. The van der Waals surface area contributed by atoms with E-state index in [1.54, 1.807) is 7.11 Å². The van der Waals surface area contributed by atoms with Gasteiger partial charge in [-0.3, -0.25) is 5.10 Å². The molecule has 0 bridgehead atoms. The van der Waals surface area contributed by atoms with Crippen molar-refractivity contribution in [3.63, 3.8) is 0 Å². The summed E-state index contributed by atoms with van der Waals surface area (Å²) in [5.74, 6) is 0.839. The minimum atomic E-state index is -0.476. The number of fused-ring (bicyclic) bond motifs is 1. The van der Waals surface area contributed by atoms with E-state index in [1.807, 2.05) is 48.5 Å². The summed E-state index contributed by atoms with van der Waals surface area (Å²) in [4.78, 5) is 0. The van der Waals surface area contributed by atoms with Crippen molar-refractivity contribution >= 4 is 22.0 Å². The van der Waals surface area contributed by atoms with Gasteiger partial charge in [0.2, 0.25) is 5.95 Å². The standard InChI is InChI=1S/C25H20FN2O/c1-29-20-12-9-18(10-13-20)23(17-7-8-17)24(16-5-3-2-4-6-16)19-11-14-22-21(15-19)25(26)28-27-22/h2-5,9-15,17H,7-8H2,1H3,(H,27,28)/b24-23+. The van der Waals surface area contributed by atoms with Gasteiger partial charge in [0, 0.05) is 0 Å². The fourth-order valence-electron chi connectivity index (χ4n) is 3.87. The van der Waals surface area contributed by atoms with Gasteiger partial charge in [-0.2, -0.15) is 4.39 Å². The Kier molecular flexibility index (Phi) is 4.39. The summed E-state index contributed by atoms with van der Waals surface area (Å²) in [7, 11) is 1.67. The molecule has 3 aromatic carbocycles. The lowest BCUT2D eigenvalue weighted by Gasteiger charge is -2.17. The van der Waals surface area contributed by atoms with Crippen LogP contribution in [-0.4, -0.2) is 17.3 Å². The zero-order chi connectivity index (χ0) is 19.8. The number of aromatic amines is 1. The molecule has 0 spiro atoms. The molecule has 1 aromatic heterocycles. The Hall–Kier alpha value is -3.40. The van der Waals surface area contributed by atoms with Gasteiger partial charge in [-0.05, 0) is 76.9 Å². The Balaban J connectivity index is 1.78. The summed E-state index contributed by atoms with van der Waals surface area (Å²) in [6, 6.07) is 25.3. The van der Waals surface area contributed by atoms with Gasteiger partial charge in [-0.1, -0.05) is 42.5 Å². The zero-order valence-corrected chi connectivity index (χ0v) is 16.1. The molecule has 0 saturated heterocycles. The first-order chi connectivity index (χ1) is 14.2. The summed E-state index contributed by atoms with van der Waals surface area (Å²) in [5, 5.41) is 6.95. The van der Waals surface area contributed by atoms with Crippen molar-refractivity contribution in [2.45, 2.75) is 12.8 Å². The van der Waals surface area contributed by atoms with Crippen LogP contribution in [0.15, 0.2) is 66.7 Å². The number of aromatic nitrogens is 2. The highest BCUT2D eigenvalue weighted by atomic mass is 19.1. The maximum atomic E-state index is 14.2. The van der Waals surface area contributed by atoms with E-state index in [4.69, 9.17) is 4.74 Å². The van der Waals surface area contributed by atoms with E-state index in [9.17, 15) is 4.39 Å². The summed E-state index contributed by atoms with van der Waals surface area (Å²) in [6.07, 6.45) is 2.31. The lowest BCUT2D eigenvalue weighted by molar-refractivity contribution is 0.415. The molecule has 1 saturated carbocycles. The van der Waals surface area contributed by atoms with Crippen LogP contribution in [0.1, 0.15) is 29.5 Å². The Morgan fingerprint density at radius 2 is 1.86 bits per heavy atom. The van der Waals surface area contributed by atoms with Gasteiger partial charge in [0.05, 0.1) is 18.0 Å². The molecule has 4 aromatic rings. The fourth-order valence-corrected chi connectivity index (χ4v) is 3.87. The first-order valence-corrected chi connectivity index (χ1v) is 9.74. The lowest BCUT2D eigenvalue weighted by Crippen LogP contribution is -1.98. The highest BCUT2D eigenvalue weighted by Gasteiger charge is 2.30. The topological polar surface area (TPSA) is 37.9 Å². The number of ether oxygens (including phenoxy) is 1. The van der Waals surface area contributed by atoms with Crippen molar-refractivity contribution in [2.24, 2.45) is 5.92 Å². The number of rotatable bonds is 5. The smallest absolute Gasteiger partial charge is 0.240 e. The lowest BCUT2D eigenvalue weighted by atomic mass is 9.86. The van der Waals surface area contributed by atoms with Crippen LogP contribution in [0.25, 0.3) is 22.0 Å². The monoisotopic (exact) mass is 383 g/mol. The van der Waals surface area contributed by atoms with E-state index in [-0.39, 0.29) is 0 Å². The van der Waals surface area contributed by atoms with Crippen LogP contribution >= 0.6 is 0 Å². The van der Waals surface area contributed by atoms with Gasteiger partial charge < -0.3 is 4.74 Å². The molecule has 1 aliphatic carbocycles. The molecule has 1 radical (unpaired) electrons. The van der Waals surface area contributed by atoms with Crippen molar-refractivity contribution in [2.75, 3.05) is 7.11 Å². The Labute approximate surface area is 168 Å². The van der Waals surface area contributed by atoms with Crippen molar-refractivity contribution in [3.05, 3.63) is 95.4 Å². The van der Waals surface area contributed by atoms with Crippen LogP contribution in [0.3, 0.4) is 0 Å². The van der Waals surface area contributed by atoms with Gasteiger partial charge in [0.15, 0.2) is 0 Å². The number of nitrogens with one attached hydrogen (secondary N) is 1. The second-order valence-electron chi connectivity index (χ2n) is 7.34. The van der Waals surface area contributed by atoms with Crippen LogP contribution in [0.5, 0.6) is 5.75 Å². The fraction of sp³-hybridized carbons (Fsp3) is 0.160. The van der Waals surface area contributed by atoms with E-state index in [2.05, 4.69) is 34.5 Å². The summed E-state index contributed by atoms with van der Waals surface area (Å²) < 4.78 is 19.5. The van der Waals surface area contributed by atoms with E-state index < -0.39 is 5.95 Å². The van der Waals surface area contributed by atoms with Crippen LogP contribution in [0.4, 0.5) is 4.39 Å². The highest BCUT2D eigenvalue weighted by Crippen LogP contribution is 2.48. The van der Waals surface area contributed by atoms with Crippen LogP contribution in [0, 0.1) is 17.9 Å². The number of hydrogen-bond acceptors (Lipinski definition) is 2. The maximum Gasteiger partial charge on any atom is 0.240 e. The molecule has 0 unspecified atom stereocenters. The van der Waals surface area contributed by atoms with E-state index in [0.29, 0.717) is 16.8 Å². The predicted octanol–water partition coefficient (Wildman–Crippen LogP) is 5.88. The average Bonchev–Trinajstić information content (AvgIpc) is 3.55. The van der Waals surface area contributed by atoms with E-state index in [0.717, 1.165) is 40.9 Å². The Bertz CT molecular complexity index is 1190. The van der Waals surface area contributed by atoms with Gasteiger partial charge in [0.1, 0.15) is 5.75 Å². The first kappa shape index (κ1) is 17.7. The predicted molar refractivity (Wildman–Crippen MR) is 113 cm³/mol. The van der Waals surface area contributed by atoms with Crippen molar-refractivity contribution in [1.29, 1.82) is 0 Å². The van der Waals surface area contributed by atoms with Crippen molar-refractivity contribution in [3.8, 4) is 5.75 Å². The average molecular weight is 383 g/mol. The minimum absolute atomic E-state index is 0.476. The van der Waals surface area contributed by atoms with Gasteiger partial charge in [-0.15, -0.1) is 5.10 Å². The maximum absolute atomic E-state index is 14.2. The third kappa shape index (κ3) is 3.31. The second-order valence-corrected chi connectivity index (χ2v) is 7.34. The molecule has 1 aliphatic rings. The van der Waals surface area contributed by atoms with E-state index in [1.165, 1.54) is 5.57 Å². The molecule has 0 amide bonds. The van der Waals surface area contributed by atoms with E-state index >= 15 is 0 Å². The SMILES string of the molecule is COc1ccc(/C(=C(\c2[c]cccc2)c2ccc3[nH]nc(F)c3c2)C2CC2)cc1. The quantitative estimate of drug-likeness (QED) is 0.437. The van der Waals surface area contributed by atoms with Crippen molar-refractivity contribution in [1.82, 2.24) is 10.2 Å². The molecule has 1 fully saturated rings. The van der Waals surface area contributed by atoms with Crippen LogP contribution in [-0.2, 0) is 0 Å². The molecule has 3 nitrogen and oxygen atoms in total. The highest BCUT2D eigenvalue weighted by molar-refractivity contribution is 6.01. The molecule has 5 rings (SSSR count). The number of methoxy groups -OCH3 is 1. The third-order valence-electron chi connectivity index (χ3n) is 5.44. The summed E-state index contributed by atoms with van der Waals surface area (Å²) in [6.45, 7) is 0. The molecule has 143 valence electrons. The summed E-state index contributed by atoms with van der Waals surface area (Å²) in [5.41, 5.74) is 6.21. The number of allylic oxidation sites excluding steroid dienone is 1. The number of H-pyrrole nitrogens is 1. The van der Waals surface area contributed by atoms with Crippen LogP contribution < -0.4 is 4.74 Å². The summed E-state index contributed by atoms with van der Waals surface area (Å²) >= 11 is 0. The Morgan fingerprint density at radius 3 is 2.55 bits per heavy atom. The molecule has 29 heavy (non-hydrogen) atoms. The molecule has 0 atom stereocenters. The van der Waals surface area contributed by atoms with Gasteiger partial charge >= 0.3 is 0 Å². The van der Waals surface area contributed by atoms with Crippen molar-refractivity contribution < 1.29 is 9.13 Å². The molecule has 1 N–H and O–H groups in total. The Morgan fingerprint density at radius 1 is 1.07 bits per heavy atom. The largest absolute Gasteiger partial charge is 0.497 e. The molecule has 1 heterocycles. The minimum Gasteiger partial charge on any atom is -0.497 e. The molecule has 0 aliphatic heterocycles. The molecular formula is C25H20FN2O. The number of nitrogens with zero attached hydrogens (tertiary/aromatic N) is 1. The normalized spacial score (nSPS) is 14.7. The van der Waals surface area contributed by atoms with Gasteiger partial charge in [0.25, 0.3) is 0 Å². The molecular weight excluding hydrogens is 363 g/mol. The second kappa shape index (κ2) is 7.21. The first-order valence-electron chi connectivity index (χ1n) is 9.74. The number of benzene rings is 3. The third-order valence-corrected chi connectivity index (χ3v) is 5.44. The molecule has 4 heteroatoms. The van der Waals surface area contributed by atoms with Crippen LogP contribution in [0.2, 0.25) is 0 Å². The zero-order valence-electron chi connectivity index (χ0n) is 16.1. The number of halogens is 1. The van der Waals surface area contributed by atoms with Gasteiger partial charge in [-0.25, -0.2) is 0 Å².